The molecule has 7 heteroatoms. The van der Waals surface area contributed by atoms with Crippen molar-refractivity contribution in [3.8, 4) is 0 Å². The maximum absolute atomic E-state index is 12.1. The van der Waals surface area contributed by atoms with Crippen LogP contribution in [0.2, 0.25) is 0 Å². The maximum Gasteiger partial charge on any atom is 0.251 e. The minimum absolute atomic E-state index is 0.0303. The van der Waals surface area contributed by atoms with Crippen LogP contribution in [0.4, 0.5) is 0 Å². The maximum atomic E-state index is 12.1. The zero-order valence-electron chi connectivity index (χ0n) is 12.9. The first-order valence-corrected chi connectivity index (χ1v) is 8.86. The molecule has 0 spiro atoms. The van der Waals surface area contributed by atoms with Crippen LogP contribution in [-0.4, -0.2) is 46.5 Å². The summed E-state index contributed by atoms with van der Waals surface area (Å²) in [6.45, 7) is 2.82. The third kappa shape index (κ3) is 4.80. The fourth-order valence-corrected chi connectivity index (χ4v) is 3.33. The first-order chi connectivity index (χ1) is 11.3. The Hall–Kier alpha value is -1.86. The quantitative estimate of drug-likeness (QED) is 0.529. The highest BCUT2D eigenvalue weighted by molar-refractivity contribution is 7.99. The van der Waals surface area contributed by atoms with Crippen molar-refractivity contribution in [1.82, 2.24) is 25.8 Å². The summed E-state index contributed by atoms with van der Waals surface area (Å²) in [4.78, 5) is 16.1. The van der Waals surface area contributed by atoms with Gasteiger partial charge in [-0.1, -0.05) is 23.9 Å². The molecule has 1 saturated heterocycles. The van der Waals surface area contributed by atoms with Gasteiger partial charge in [0, 0.05) is 17.9 Å². The molecule has 3 rings (SSSR count). The van der Waals surface area contributed by atoms with Crippen molar-refractivity contribution in [1.29, 1.82) is 0 Å². The summed E-state index contributed by atoms with van der Waals surface area (Å²) < 4.78 is 0. The number of aromatic nitrogens is 3. The third-order valence-corrected chi connectivity index (χ3v) is 4.80. The lowest BCUT2D eigenvalue weighted by Crippen LogP contribution is -2.25. The van der Waals surface area contributed by atoms with Crippen molar-refractivity contribution < 1.29 is 4.79 Å². The van der Waals surface area contributed by atoms with Crippen molar-refractivity contribution in [2.45, 2.75) is 18.0 Å². The Kier molecular flexibility index (Phi) is 5.65. The van der Waals surface area contributed by atoms with Crippen LogP contribution < -0.4 is 10.6 Å². The van der Waals surface area contributed by atoms with E-state index in [0.29, 0.717) is 12.1 Å². The van der Waals surface area contributed by atoms with E-state index in [2.05, 4.69) is 37.9 Å². The van der Waals surface area contributed by atoms with Gasteiger partial charge in [-0.3, -0.25) is 9.89 Å². The molecule has 3 N–H and O–H groups in total. The van der Waals surface area contributed by atoms with Crippen molar-refractivity contribution in [3.05, 3.63) is 41.7 Å². The van der Waals surface area contributed by atoms with E-state index in [4.69, 9.17) is 0 Å². The van der Waals surface area contributed by atoms with Crippen LogP contribution in [0, 0.1) is 5.92 Å². The molecule has 0 bridgehead atoms. The van der Waals surface area contributed by atoms with Crippen molar-refractivity contribution in [2.24, 2.45) is 5.92 Å². The monoisotopic (exact) mass is 331 g/mol. The van der Waals surface area contributed by atoms with E-state index in [1.54, 1.807) is 0 Å². The van der Waals surface area contributed by atoms with Gasteiger partial charge in [0.1, 0.15) is 6.33 Å². The Morgan fingerprint density at radius 1 is 1.35 bits per heavy atom. The highest BCUT2D eigenvalue weighted by atomic mass is 32.2. The Bertz CT molecular complexity index is 608. The number of carbonyl (C=O) groups excluding carboxylic acids is 1. The lowest BCUT2D eigenvalue weighted by molar-refractivity contribution is 0.0956. The number of nitrogens with zero attached hydrogens (tertiary/aromatic N) is 2. The highest BCUT2D eigenvalue weighted by Gasteiger charge is 2.15. The number of hydrogen-bond donors (Lipinski definition) is 3. The van der Waals surface area contributed by atoms with Gasteiger partial charge in [0.2, 0.25) is 0 Å². The normalized spacial score (nSPS) is 17.3. The number of carbonyl (C=O) groups is 1. The summed E-state index contributed by atoms with van der Waals surface area (Å²) in [5, 5.41) is 13.6. The standard InChI is InChI=1S/C16H21N5OS/c22-15(18-7-8-23-16-19-11-20-21-16)14-3-1-12(2-4-14)9-13-5-6-17-10-13/h1-4,11,13,17H,5-10H2,(H,18,22)(H,19,20,21). The number of aromatic amines is 1. The fourth-order valence-electron chi connectivity index (χ4n) is 2.69. The van der Waals surface area contributed by atoms with Crippen LogP contribution in [-0.2, 0) is 6.42 Å². The van der Waals surface area contributed by atoms with Crippen LogP contribution in [0.1, 0.15) is 22.3 Å². The molecule has 0 radical (unpaired) electrons. The smallest absolute Gasteiger partial charge is 0.251 e. The summed E-state index contributed by atoms with van der Waals surface area (Å²) in [5.74, 6) is 1.45. The van der Waals surface area contributed by atoms with Gasteiger partial charge in [-0.15, -0.1) is 0 Å². The first kappa shape index (κ1) is 16.0. The molecule has 122 valence electrons. The summed E-state index contributed by atoms with van der Waals surface area (Å²) in [7, 11) is 0. The minimum atomic E-state index is -0.0303. The van der Waals surface area contributed by atoms with Crippen LogP contribution >= 0.6 is 11.8 Å². The van der Waals surface area contributed by atoms with Gasteiger partial charge in [-0.05, 0) is 49.5 Å². The predicted octanol–water partition coefficient (Wildman–Crippen LogP) is 1.48. The molecule has 1 aromatic carbocycles. The molecular formula is C16H21N5OS. The number of hydrogen-bond acceptors (Lipinski definition) is 5. The van der Waals surface area contributed by atoms with Gasteiger partial charge >= 0.3 is 0 Å². The van der Waals surface area contributed by atoms with Crippen molar-refractivity contribution in [2.75, 3.05) is 25.4 Å². The molecule has 1 atom stereocenters. The van der Waals surface area contributed by atoms with E-state index in [-0.39, 0.29) is 5.91 Å². The molecule has 2 aromatic rings. The van der Waals surface area contributed by atoms with Gasteiger partial charge in [0.15, 0.2) is 5.16 Å². The zero-order valence-corrected chi connectivity index (χ0v) is 13.7. The second-order valence-electron chi connectivity index (χ2n) is 5.65. The van der Waals surface area contributed by atoms with Crippen LogP contribution in [0.5, 0.6) is 0 Å². The summed E-state index contributed by atoms with van der Waals surface area (Å²) in [6.07, 6.45) is 3.80. The molecule has 1 aliphatic heterocycles. The average Bonchev–Trinajstić information content (AvgIpc) is 3.26. The van der Waals surface area contributed by atoms with Gasteiger partial charge in [0.05, 0.1) is 0 Å². The van der Waals surface area contributed by atoms with Crippen molar-refractivity contribution in [3.63, 3.8) is 0 Å². The Morgan fingerprint density at radius 3 is 2.91 bits per heavy atom. The lowest BCUT2D eigenvalue weighted by Gasteiger charge is -2.09. The first-order valence-electron chi connectivity index (χ1n) is 7.87. The van der Waals surface area contributed by atoms with Gasteiger partial charge in [-0.2, -0.15) is 5.10 Å². The van der Waals surface area contributed by atoms with Crippen LogP contribution in [0.25, 0.3) is 0 Å². The van der Waals surface area contributed by atoms with Crippen LogP contribution in [0.15, 0.2) is 35.7 Å². The second kappa shape index (κ2) is 8.12. The number of benzene rings is 1. The molecule has 1 fully saturated rings. The topological polar surface area (TPSA) is 82.7 Å². The molecule has 0 saturated carbocycles. The Balaban J connectivity index is 1.41. The fraction of sp³-hybridized carbons (Fsp3) is 0.438. The average molecular weight is 331 g/mol. The summed E-state index contributed by atoms with van der Waals surface area (Å²) >= 11 is 1.53. The van der Waals surface area contributed by atoms with Gasteiger partial charge in [-0.25, -0.2) is 4.98 Å². The van der Waals surface area contributed by atoms with Crippen LogP contribution in [0.3, 0.4) is 0 Å². The van der Waals surface area contributed by atoms with E-state index >= 15 is 0 Å². The van der Waals surface area contributed by atoms with Gasteiger partial charge < -0.3 is 10.6 Å². The molecule has 1 aromatic heterocycles. The largest absolute Gasteiger partial charge is 0.351 e. The van der Waals surface area contributed by atoms with Crippen molar-refractivity contribution >= 4 is 17.7 Å². The SMILES string of the molecule is O=C(NCCSc1ncn[nH]1)c1ccc(CC2CCNC2)cc1. The van der Waals surface area contributed by atoms with E-state index < -0.39 is 0 Å². The second-order valence-corrected chi connectivity index (χ2v) is 6.74. The summed E-state index contributed by atoms with van der Waals surface area (Å²) in [5.41, 5.74) is 2.01. The molecule has 2 heterocycles. The predicted molar refractivity (Wildman–Crippen MR) is 90.6 cm³/mol. The molecule has 23 heavy (non-hydrogen) atoms. The number of nitrogens with one attached hydrogen (secondary N) is 3. The Labute approximate surface area is 139 Å². The third-order valence-electron chi connectivity index (χ3n) is 3.92. The zero-order chi connectivity index (χ0) is 15.9. The number of amides is 1. The molecule has 1 unspecified atom stereocenters. The molecular weight excluding hydrogens is 310 g/mol. The number of H-pyrrole nitrogens is 1. The Morgan fingerprint density at radius 2 is 2.22 bits per heavy atom. The number of thioether (sulfide) groups is 1. The van der Waals surface area contributed by atoms with E-state index in [9.17, 15) is 4.79 Å². The highest BCUT2D eigenvalue weighted by Crippen LogP contribution is 2.16. The van der Waals surface area contributed by atoms with E-state index in [1.807, 2.05) is 12.1 Å². The minimum Gasteiger partial charge on any atom is -0.351 e. The van der Waals surface area contributed by atoms with E-state index in [1.165, 1.54) is 30.1 Å². The van der Waals surface area contributed by atoms with E-state index in [0.717, 1.165) is 36.3 Å². The molecule has 1 amide bonds. The number of rotatable bonds is 7. The summed E-state index contributed by atoms with van der Waals surface area (Å²) in [6, 6.07) is 7.96. The molecule has 0 aliphatic carbocycles. The molecule has 6 nitrogen and oxygen atoms in total. The van der Waals surface area contributed by atoms with Gasteiger partial charge in [0.25, 0.3) is 5.91 Å². The lowest BCUT2D eigenvalue weighted by atomic mass is 9.98. The molecule has 1 aliphatic rings.